The van der Waals surface area contributed by atoms with E-state index in [0.717, 1.165) is 50.1 Å². The Kier molecular flexibility index (Phi) is 6.98. The summed E-state index contributed by atoms with van der Waals surface area (Å²) in [5, 5.41) is 8.43. The Morgan fingerprint density at radius 1 is 0.267 bits per heavy atom. The van der Waals surface area contributed by atoms with Crippen molar-refractivity contribution in [2.75, 3.05) is 0 Å². The first-order valence-corrected chi connectivity index (χ1v) is 20.5. The summed E-state index contributed by atoms with van der Waals surface area (Å²) in [5.74, 6) is 0. The van der Waals surface area contributed by atoms with Crippen LogP contribution in [0.5, 0.6) is 0 Å². The van der Waals surface area contributed by atoms with E-state index in [2.05, 4.69) is 220 Å². The van der Waals surface area contributed by atoms with Crippen LogP contribution >= 0.6 is 0 Å². The van der Waals surface area contributed by atoms with Crippen LogP contribution in [0.25, 0.3) is 116 Å². The molecule has 13 rings (SSSR count). The highest BCUT2D eigenvalue weighted by Gasteiger charge is 2.21. The molecule has 280 valence electrons. The van der Waals surface area contributed by atoms with Gasteiger partial charge in [0.25, 0.3) is 0 Å². The molecule has 0 unspecified atom stereocenters. The predicted octanol–water partition coefficient (Wildman–Crippen LogP) is 15.1. The van der Waals surface area contributed by atoms with Crippen LogP contribution in [0.1, 0.15) is 0 Å². The maximum absolute atomic E-state index is 6.57. The molecule has 0 saturated heterocycles. The van der Waals surface area contributed by atoms with E-state index in [4.69, 9.17) is 4.42 Å². The third-order valence-corrected chi connectivity index (χ3v) is 12.4. The third kappa shape index (κ3) is 4.79. The van der Waals surface area contributed by atoms with Crippen molar-refractivity contribution in [1.29, 1.82) is 0 Å². The van der Waals surface area contributed by atoms with E-state index in [-0.39, 0.29) is 0 Å². The molecule has 0 amide bonds. The molecule has 0 saturated carbocycles. The molecule has 13 aromatic rings. The molecule has 4 heterocycles. The fourth-order valence-electron chi connectivity index (χ4n) is 9.76. The summed E-state index contributed by atoms with van der Waals surface area (Å²) in [5.41, 5.74) is 15.8. The lowest BCUT2D eigenvalue weighted by atomic mass is 10.0. The topological polar surface area (TPSA) is 27.9 Å². The van der Waals surface area contributed by atoms with Crippen LogP contribution in [0, 0.1) is 0 Å². The summed E-state index contributed by atoms with van der Waals surface area (Å²) in [6.07, 6.45) is 0. The average molecular weight is 766 g/mol. The van der Waals surface area contributed by atoms with Crippen molar-refractivity contribution in [2.24, 2.45) is 0 Å². The summed E-state index contributed by atoms with van der Waals surface area (Å²) in [4.78, 5) is 0. The molecular formula is C56H35N3O. The second-order valence-electron chi connectivity index (χ2n) is 15.7. The lowest BCUT2D eigenvalue weighted by molar-refractivity contribution is 0.645. The fourth-order valence-corrected chi connectivity index (χ4v) is 9.76. The largest absolute Gasteiger partial charge is 0.439 e. The molecule has 4 aromatic heterocycles. The van der Waals surface area contributed by atoms with Crippen molar-refractivity contribution in [3.05, 3.63) is 212 Å². The Bertz CT molecular complexity index is 3820. The molecule has 60 heavy (non-hydrogen) atoms. The Balaban J connectivity index is 0.950. The zero-order valence-electron chi connectivity index (χ0n) is 32.5. The lowest BCUT2D eigenvalue weighted by Crippen LogP contribution is -1.95. The van der Waals surface area contributed by atoms with Crippen molar-refractivity contribution in [3.8, 4) is 39.3 Å². The molecular weight excluding hydrogens is 731 g/mol. The minimum atomic E-state index is 0.867. The predicted molar refractivity (Wildman–Crippen MR) is 250 cm³/mol. The van der Waals surface area contributed by atoms with E-state index in [0.29, 0.717) is 0 Å². The smallest absolute Gasteiger partial charge is 0.213 e. The van der Waals surface area contributed by atoms with Gasteiger partial charge in [-0.3, -0.25) is 4.57 Å². The number of aromatic nitrogens is 3. The van der Waals surface area contributed by atoms with Gasteiger partial charge in [-0.15, -0.1) is 0 Å². The van der Waals surface area contributed by atoms with Crippen LogP contribution in [0.2, 0.25) is 0 Å². The first-order chi connectivity index (χ1) is 29.8. The number of fused-ring (bicyclic) bond motifs is 11. The van der Waals surface area contributed by atoms with E-state index in [1.807, 2.05) is 6.07 Å². The average Bonchev–Trinajstić information content (AvgIpc) is 4.05. The van der Waals surface area contributed by atoms with Gasteiger partial charge < -0.3 is 13.6 Å². The molecule has 0 radical (unpaired) electrons. The van der Waals surface area contributed by atoms with E-state index in [1.165, 1.54) is 65.8 Å². The first-order valence-electron chi connectivity index (χ1n) is 20.5. The highest BCUT2D eigenvalue weighted by molar-refractivity contribution is 6.20. The molecule has 0 aliphatic heterocycles. The Hall–Kier alpha value is -8.08. The second kappa shape index (κ2) is 12.7. The molecule has 0 aliphatic carbocycles. The molecule has 0 bridgehead atoms. The third-order valence-electron chi connectivity index (χ3n) is 12.4. The summed E-state index contributed by atoms with van der Waals surface area (Å²) in [7, 11) is 0. The highest BCUT2D eigenvalue weighted by Crippen LogP contribution is 2.42. The monoisotopic (exact) mass is 765 g/mol. The molecule has 0 N–H and O–H groups in total. The minimum absolute atomic E-state index is 0.867. The molecule has 0 atom stereocenters. The number of hydrogen-bond acceptors (Lipinski definition) is 1. The van der Waals surface area contributed by atoms with Gasteiger partial charge in [-0.05, 0) is 107 Å². The van der Waals surface area contributed by atoms with Gasteiger partial charge in [-0.2, -0.15) is 0 Å². The fraction of sp³-hybridized carbons (Fsp3) is 0. The number of para-hydroxylation sites is 5. The standard InChI is InChI=1S/C56H35N3O/c1-3-15-40(16-4-1)57-49-23-10-7-20-43(49)47-33-37(27-30-51(47)57)38-28-31-52-48(34-38)44-21-8-11-24-50(44)58(52)42-19-13-14-36(32-42)39-26-29-45-53(35-39)59(41-17-5-2-6-18-41)56-55(45)46-22-9-12-25-54(46)60-56/h1-35H. The highest BCUT2D eigenvalue weighted by atomic mass is 16.3. The molecule has 9 aromatic carbocycles. The van der Waals surface area contributed by atoms with Gasteiger partial charge in [0.2, 0.25) is 5.71 Å². The van der Waals surface area contributed by atoms with Crippen LogP contribution in [0.4, 0.5) is 0 Å². The van der Waals surface area contributed by atoms with Crippen LogP contribution in [-0.2, 0) is 0 Å². The van der Waals surface area contributed by atoms with Crippen molar-refractivity contribution in [1.82, 2.24) is 13.7 Å². The van der Waals surface area contributed by atoms with Crippen LogP contribution in [0.15, 0.2) is 217 Å². The van der Waals surface area contributed by atoms with Gasteiger partial charge in [-0.25, -0.2) is 0 Å². The summed E-state index contributed by atoms with van der Waals surface area (Å²) in [6, 6.07) is 76.7. The zero-order valence-corrected chi connectivity index (χ0v) is 32.5. The van der Waals surface area contributed by atoms with Crippen molar-refractivity contribution in [2.45, 2.75) is 0 Å². The maximum Gasteiger partial charge on any atom is 0.213 e. The van der Waals surface area contributed by atoms with E-state index >= 15 is 0 Å². The molecule has 4 heteroatoms. The molecule has 4 nitrogen and oxygen atoms in total. The number of benzene rings is 9. The Morgan fingerprint density at radius 2 is 0.750 bits per heavy atom. The van der Waals surface area contributed by atoms with Crippen LogP contribution in [-0.4, -0.2) is 13.7 Å². The maximum atomic E-state index is 6.57. The Morgan fingerprint density at radius 3 is 1.42 bits per heavy atom. The van der Waals surface area contributed by atoms with Crippen molar-refractivity contribution in [3.63, 3.8) is 0 Å². The van der Waals surface area contributed by atoms with Crippen LogP contribution < -0.4 is 0 Å². The van der Waals surface area contributed by atoms with Gasteiger partial charge in [-0.1, -0.05) is 127 Å². The van der Waals surface area contributed by atoms with E-state index < -0.39 is 0 Å². The number of nitrogens with zero attached hydrogens (tertiary/aromatic N) is 3. The molecule has 0 fully saturated rings. The summed E-state index contributed by atoms with van der Waals surface area (Å²) in [6.45, 7) is 0. The van der Waals surface area contributed by atoms with Crippen molar-refractivity contribution >= 4 is 76.6 Å². The second-order valence-corrected chi connectivity index (χ2v) is 15.7. The number of rotatable bonds is 5. The number of furan rings is 1. The van der Waals surface area contributed by atoms with Gasteiger partial charge in [0.1, 0.15) is 5.58 Å². The van der Waals surface area contributed by atoms with Gasteiger partial charge in [0, 0.05) is 49.4 Å². The molecule has 0 aliphatic rings. The minimum Gasteiger partial charge on any atom is -0.439 e. The quantitative estimate of drug-likeness (QED) is 0.171. The Labute approximate surface area is 345 Å². The normalized spacial score (nSPS) is 12.0. The lowest BCUT2D eigenvalue weighted by Gasteiger charge is -2.12. The molecule has 0 spiro atoms. The zero-order chi connectivity index (χ0) is 39.3. The van der Waals surface area contributed by atoms with Gasteiger partial charge in [0.15, 0.2) is 0 Å². The summed E-state index contributed by atoms with van der Waals surface area (Å²) >= 11 is 0. The summed E-state index contributed by atoms with van der Waals surface area (Å²) < 4.78 is 13.6. The van der Waals surface area contributed by atoms with Crippen molar-refractivity contribution < 1.29 is 4.42 Å². The SMILES string of the molecule is c1ccc(-n2c3ccccc3c3cc(-c4ccc5c(c4)c4ccccc4n5-c4cccc(-c5ccc6c7c8ccccc8oc7n(-c7ccccc7)c6c5)c4)ccc32)cc1. The van der Waals surface area contributed by atoms with E-state index in [9.17, 15) is 0 Å². The van der Waals surface area contributed by atoms with Gasteiger partial charge >= 0.3 is 0 Å². The van der Waals surface area contributed by atoms with Gasteiger partial charge in [0.05, 0.1) is 33.0 Å². The first kappa shape index (κ1) is 32.9. The van der Waals surface area contributed by atoms with E-state index in [1.54, 1.807) is 0 Å². The number of hydrogen-bond donors (Lipinski definition) is 0. The van der Waals surface area contributed by atoms with Crippen LogP contribution in [0.3, 0.4) is 0 Å².